The number of carboxylic acid groups (broad SMARTS) is 1. The highest BCUT2D eigenvalue weighted by Gasteiger charge is 2.45. The van der Waals surface area contributed by atoms with Crippen LogP contribution in [-0.2, 0) is 9.59 Å². The minimum atomic E-state index is -0.774. The van der Waals surface area contributed by atoms with Gasteiger partial charge in [0.15, 0.2) is 0 Å². The van der Waals surface area contributed by atoms with Crippen LogP contribution in [0.5, 0.6) is 0 Å². The van der Waals surface area contributed by atoms with Crippen molar-refractivity contribution in [2.45, 2.75) is 44.1 Å². The number of benzene rings is 1. The summed E-state index contributed by atoms with van der Waals surface area (Å²) >= 11 is 0. The van der Waals surface area contributed by atoms with Gasteiger partial charge in [-0.15, -0.1) is 0 Å². The second kappa shape index (κ2) is 6.26. The van der Waals surface area contributed by atoms with E-state index in [1.54, 1.807) is 0 Å². The zero-order chi connectivity index (χ0) is 16.6. The normalized spacial score (nSPS) is 29.8. The van der Waals surface area contributed by atoms with E-state index in [1.807, 2.05) is 0 Å². The Morgan fingerprint density at radius 2 is 1.83 bits per heavy atom. The SMILES string of the molecule is O=C(O)C1CCC(NC(=O)[C@@H]2C[C@@H]2c2ccc(F)cc2F)CC1. The quantitative estimate of drug-likeness (QED) is 0.895. The molecular formula is C17H19F2NO3. The molecule has 0 saturated heterocycles. The van der Waals surface area contributed by atoms with Crippen LogP contribution in [0.2, 0.25) is 0 Å². The largest absolute Gasteiger partial charge is 0.481 e. The molecule has 2 N–H and O–H groups in total. The number of nitrogens with one attached hydrogen (secondary N) is 1. The molecule has 0 radical (unpaired) electrons. The minimum absolute atomic E-state index is 0.00239. The lowest BCUT2D eigenvalue weighted by Gasteiger charge is -2.26. The standard InChI is InChI=1S/C17H19F2NO3/c18-10-3-6-12(15(19)7-10)13-8-14(13)16(21)20-11-4-1-9(2-5-11)17(22)23/h3,6-7,9,11,13-14H,1-2,4-5,8H2,(H,20,21)(H,22,23)/t9?,11?,13-,14-/m1/s1. The van der Waals surface area contributed by atoms with Gasteiger partial charge < -0.3 is 10.4 Å². The topological polar surface area (TPSA) is 66.4 Å². The van der Waals surface area contributed by atoms with Crippen molar-refractivity contribution in [2.75, 3.05) is 0 Å². The van der Waals surface area contributed by atoms with E-state index in [2.05, 4.69) is 5.32 Å². The van der Waals surface area contributed by atoms with Gasteiger partial charge in [0.05, 0.1) is 5.92 Å². The van der Waals surface area contributed by atoms with E-state index in [4.69, 9.17) is 5.11 Å². The predicted octanol–water partition coefficient (Wildman–Crippen LogP) is 2.83. The minimum Gasteiger partial charge on any atom is -0.481 e. The van der Waals surface area contributed by atoms with Gasteiger partial charge in [0.2, 0.25) is 5.91 Å². The Hall–Kier alpha value is -1.98. The molecule has 1 aromatic carbocycles. The lowest BCUT2D eigenvalue weighted by molar-refractivity contribution is -0.142. The van der Waals surface area contributed by atoms with Gasteiger partial charge in [-0.3, -0.25) is 9.59 Å². The van der Waals surface area contributed by atoms with Crippen LogP contribution in [0.4, 0.5) is 8.78 Å². The van der Waals surface area contributed by atoms with Crippen molar-refractivity contribution in [2.24, 2.45) is 11.8 Å². The van der Waals surface area contributed by atoms with Crippen LogP contribution in [-0.4, -0.2) is 23.0 Å². The van der Waals surface area contributed by atoms with Gasteiger partial charge in [-0.1, -0.05) is 6.07 Å². The Bertz CT molecular complexity index is 626. The Morgan fingerprint density at radius 1 is 1.13 bits per heavy atom. The molecular weight excluding hydrogens is 304 g/mol. The smallest absolute Gasteiger partial charge is 0.306 e. The van der Waals surface area contributed by atoms with Crippen LogP contribution in [0.25, 0.3) is 0 Å². The zero-order valence-corrected chi connectivity index (χ0v) is 12.6. The molecule has 4 nitrogen and oxygen atoms in total. The van der Waals surface area contributed by atoms with E-state index in [1.165, 1.54) is 12.1 Å². The second-order valence-electron chi connectivity index (χ2n) is 6.51. The maximum atomic E-state index is 13.7. The van der Waals surface area contributed by atoms with Gasteiger partial charge in [-0.25, -0.2) is 8.78 Å². The van der Waals surface area contributed by atoms with Gasteiger partial charge >= 0.3 is 5.97 Å². The molecule has 0 heterocycles. The van der Waals surface area contributed by atoms with Crippen LogP contribution in [0.15, 0.2) is 18.2 Å². The maximum Gasteiger partial charge on any atom is 0.306 e. The first-order chi connectivity index (χ1) is 11.0. The number of rotatable bonds is 4. The van der Waals surface area contributed by atoms with Gasteiger partial charge in [0.1, 0.15) is 11.6 Å². The zero-order valence-electron chi connectivity index (χ0n) is 12.6. The first-order valence-corrected chi connectivity index (χ1v) is 7.94. The molecule has 6 heteroatoms. The average Bonchev–Trinajstić information content (AvgIpc) is 3.28. The Balaban J connectivity index is 1.52. The van der Waals surface area contributed by atoms with E-state index < -0.39 is 17.6 Å². The summed E-state index contributed by atoms with van der Waals surface area (Å²) in [6, 6.07) is 3.45. The van der Waals surface area contributed by atoms with Crippen molar-refractivity contribution in [3.63, 3.8) is 0 Å². The molecule has 2 atom stereocenters. The Kier molecular flexibility index (Phi) is 4.33. The third-order valence-corrected chi connectivity index (χ3v) is 4.91. The molecule has 0 aliphatic heterocycles. The van der Waals surface area contributed by atoms with Gasteiger partial charge in [0, 0.05) is 18.0 Å². The summed E-state index contributed by atoms with van der Waals surface area (Å²) in [6.45, 7) is 0. The third kappa shape index (κ3) is 3.51. The summed E-state index contributed by atoms with van der Waals surface area (Å²) in [7, 11) is 0. The highest BCUT2D eigenvalue weighted by molar-refractivity contribution is 5.83. The van der Waals surface area contributed by atoms with Crippen molar-refractivity contribution in [3.05, 3.63) is 35.4 Å². The number of hydrogen-bond donors (Lipinski definition) is 2. The molecule has 2 fully saturated rings. The summed E-state index contributed by atoms with van der Waals surface area (Å²) < 4.78 is 26.7. The first-order valence-electron chi connectivity index (χ1n) is 7.94. The van der Waals surface area contributed by atoms with Crippen LogP contribution in [0.3, 0.4) is 0 Å². The van der Waals surface area contributed by atoms with Crippen LogP contribution >= 0.6 is 0 Å². The number of hydrogen-bond acceptors (Lipinski definition) is 2. The van der Waals surface area contributed by atoms with Crippen LogP contribution < -0.4 is 5.32 Å². The first kappa shape index (κ1) is 15.9. The van der Waals surface area contributed by atoms with Crippen molar-refractivity contribution < 1.29 is 23.5 Å². The fraction of sp³-hybridized carbons (Fsp3) is 0.529. The van der Waals surface area contributed by atoms with Crippen molar-refractivity contribution >= 4 is 11.9 Å². The number of halogens is 2. The molecule has 1 aromatic rings. The van der Waals surface area contributed by atoms with Crippen molar-refractivity contribution in [1.29, 1.82) is 0 Å². The number of carbonyl (C=O) groups excluding carboxylic acids is 1. The summed E-state index contributed by atoms with van der Waals surface area (Å²) in [6.07, 6.45) is 3.02. The molecule has 0 aromatic heterocycles. The summed E-state index contributed by atoms with van der Waals surface area (Å²) in [5.74, 6) is -2.89. The number of carboxylic acids is 1. The predicted molar refractivity (Wildman–Crippen MR) is 78.7 cm³/mol. The highest BCUT2D eigenvalue weighted by atomic mass is 19.1. The summed E-state index contributed by atoms with van der Waals surface area (Å²) in [5.41, 5.74) is 0.390. The van der Waals surface area contributed by atoms with Gasteiger partial charge in [0.25, 0.3) is 0 Å². The number of carbonyl (C=O) groups is 2. The molecule has 0 bridgehead atoms. The molecule has 23 heavy (non-hydrogen) atoms. The van der Waals surface area contributed by atoms with E-state index in [0.717, 1.165) is 6.07 Å². The van der Waals surface area contributed by atoms with Crippen LogP contribution in [0, 0.1) is 23.5 Å². The molecule has 2 saturated carbocycles. The number of amides is 1. The fourth-order valence-electron chi connectivity index (χ4n) is 3.42. The summed E-state index contributed by atoms with van der Waals surface area (Å²) in [5, 5.41) is 11.9. The summed E-state index contributed by atoms with van der Waals surface area (Å²) in [4.78, 5) is 23.1. The molecule has 124 valence electrons. The number of aliphatic carboxylic acids is 1. The molecule has 1 amide bonds. The maximum absolute atomic E-state index is 13.7. The Labute approximate surface area is 132 Å². The lowest BCUT2D eigenvalue weighted by atomic mass is 9.86. The molecule has 2 aliphatic carbocycles. The van der Waals surface area contributed by atoms with Crippen LogP contribution in [0.1, 0.15) is 43.6 Å². The second-order valence-corrected chi connectivity index (χ2v) is 6.51. The van der Waals surface area contributed by atoms with Gasteiger partial charge in [-0.2, -0.15) is 0 Å². The van der Waals surface area contributed by atoms with E-state index in [-0.39, 0.29) is 29.7 Å². The molecule has 0 unspecified atom stereocenters. The molecule has 2 aliphatic rings. The van der Waals surface area contributed by atoms with Gasteiger partial charge in [-0.05, 0) is 49.7 Å². The molecule has 0 spiro atoms. The third-order valence-electron chi connectivity index (χ3n) is 4.91. The monoisotopic (exact) mass is 323 g/mol. The fourth-order valence-corrected chi connectivity index (χ4v) is 3.42. The van der Waals surface area contributed by atoms with Crippen molar-refractivity contribution in [3.8, 4) is 0 Å². The van der Waals surface area contributed by atoms with E-state index in [9.17, 15) is 18.4 Å². The van der Waals surface area contributed by atoms with E-state index >= 15 is 0 Å². The Morgan fingerprint density at radius 3 is 2.43 bits per heavy atom. The van der Waals surface area contributed by atoms with Crippen molar-refractivity contribution in [1.82, 2.24) is 5.32 Å². The lowest BCUT2D eigenvalue weighted by Crippen LogP contribution is -2.39. The van der Waals surface area contributed by atoms with E-state index in [0.29, 0.717) is 37.7 Å². The highest BCUT2D eigenvalue weighted by Crippen LogP contribution is 2.48. The average molecular weight is 323 g/mol. The molecule has 3 rings (SSSR count).